The smallest absolute Gasteiger partial charge is 0.115 e. The monoisotopic (exact) mass is 230 g/mol. The Balaban J connectivity index is 2.38. The Labute approximate surface area is 102 Å². The molecule has 17 heavy (non-hydrogen) atoms. The second-order valence-electron chi connectivity index (χ2n) is 5.09. The fourth-order valence-corrected chi connectivity index (χ4v) is 2.20. The lowest BCUT2D eigenvalue weighted by atomic mass is 9.67. The summed E-state index contributed by atoms with van der Waals surface area (Å²) in [4.78, 5) is 0. The average Bonchev–Trinajstić information content (AvgIpc) is 2.30. The summed E-state index contributed by atoms with van der Waals surface area (Å²) in [6, 6.07) is 7.03. The highest BCUT2D eigenvalue weighted by Gasteiger charge is 2.42. The lowest BCUT2D eigenvalue weighted by Gasteiger charge is -2.41. The first-order chi connectivity index (χ1) is 7.96. The van der Waals surface area contributed by atoms with Gasteiger partial charge in [-0.05, 0) is 24.1 Å². The summed E-state index contributed by atoms with van der Waals surface area (Å²) in [6.07, 6.45) is 8.26. The van der Waals surface area contributed by atoms with Crippen molar-refractivity contribution < 1.29 is 10.2 Å². The predicted octanol–water partition coefficient (Wildman–Crippen LogP) is 2.92. The number of hydrogen-bond acceptors (Lipinski definition) is 2. The molecule has 0 bridgehead atoms. The van der Waals surface area contributed by atoms with Crippen LogP contribution in [-0.4, -0.2) is 15.8 Å². The van der Waals surface area contributed by atoms with Gasteiger partial charge in [0.25, 0.3) is 0 Å². The molecule has 0 amide bonds. The predicted molar refractivity (Wildman–Crippen MR) is 69.0 cm³/mol. The first-order valence-electron chi connectivity index (χ1n) is 5.82. The van der Waals surface area contributed by atoms with Crippen molar-refractivity contribution >= 4 is 0 Å². The molecule has 2 heteroatoms. The molecule has 0 aromatic heterocycles. The molecular formula is C15H18O2. The van der Waals surface area contributed by atoms with E-state index in [0.717, 1.165) is 5.56 Å². The Bertz CT molecular complexity index is 454. The SMILES string of the molecule is CC(C)(c1ccc(O)cc1)C1(O)C=CC=CC1. The third-order valence-electron chi connectivity index (χ3n) is 3.72. The molecular weight excluding hydrogens is 212 g/mol. The summed E-state index contributed by atoms with van der Waals surface area (Å²) in [5, 5.41) is 20.0. The van der Waals surface area contributed by atoms with Crippen LogP contribution in [0.4, 0.5) is 0 Å². The zero-order valence-electron chi connectivity index (χ0n) is 10.2. The van der Waals surface area contributed by atoms with E-state index in [1.807, 2.05) is 50.3 Å². The molecule has 1 aliphatic rings. The summed E-state index contributed by atoms with van der Waals surface area (Å²) in [5.41, 5.74) is -0.265. The van der Waals surface area contributed by atoms with Crippen LogP contribution in [0.3, 0.4) is 0 Å². The van der Waals surface area contributed by atoms with Crippen LogP contribution in [0.15, 0.2) is 48.6 Å². The molecule has 1 atom stereocenters. The van der Waals surface area contributed by atoms with Gasteiger partial charge < -0.3 is 10.2 Å². The Morgan fingerprint density at radius 3 is 2.29 bits per heavy atom. The molecule has 0 spiro atoms. The molecule has 2 nitrogen and oxygen atoms in total. The molecule has 2 rings (SSSR count). The van der Waals surface area contributed by atoms with E-state index in [-0.39, 0.29) is 5.75 Å². The Morgan fingerprint density at radius 1 is 1.12 bits per heavy atom. The second-order valence-corrected chi connectivity index (χ2v) is 5.09. The summed E-state index contributed by atoms with van der Waals surface area (Å²) in [6.45, 7) is 4.03. The zero-order chi connectivity index (χ0) is 12.5. The van der Waals surface area contributed by atoms with Crippen LogP contribution in [-0.2, 0) is 5.41 Å². The quantitative estimate of drug-likeness (QED) is 0.820. The summed E-state index contributed by atoms with van der Waals surface area (Å²) in [5.74, 6) is 0.246. The Hall–Kier alpha value is -1.54. The number of aromatic hydroxyl groups is 1. The number of allylic oxidation sites excluding steroid dienone is 2. The molecule has 0 radical (unpaired) electrons. The van der Waals surface area contributed by atoms with Crippen molar-refractivity contribution in [2.24, 2.45) is 0 Å². The van der Waals surface area contributed by atoms with Crippen LogP contribution in [0, 0.1) is 0 Å². The third-order valence-corrected chi connectivity index (χ3v) is 3.72. The molecule has 1 unspecified atom stereocenters. The van der Waals surface area contributed by atoms with Gasteiger partial charge in [0.05, 0.1) is 5.60 Å². The van der Waals surface area contributed by atoms with E-state index < -0.39 is 11.0 Å². The van der Waals surface area contributed by atoms with Gasteiger partial charge in [0.1, 0.15) is 5.75 Å². The Morgan fingerprint density at radius 2 is 1.76 bits per heavy atom. The van der Waals surface area contributed by atoms with Crippen LogP contribution in [0.25, 0.3) is 0 Å². The van der Waals surface area contributed by atoms with Gasteiger partial charge in [-0.2, -0.15) is 0 Å². The van der Waals surface area contributed by atoms with Crippen molar-refractivity contribution in [1.82, 2.24) is 0 Å². The van der Waals surface area contributed by atoms with E-state index in [0.29, 0.717) is 6.42 Å². The molecule has 0 aliphatic heterocycles. The molecule has 1 aromatic carbocycles. The summed E-state index contributed by atoms with van der Waals surface area (Å²) < 4.78 is 0. The highest BCUT2D eigenvalue weighted by Crippen LogP contribution is 2.40. The van der Waals surface area contributed by atoms with Gasteiger partial charge in [-0.15, -0.1) is 0 Å². The van der Waals surface area contributed by atoms with Crippen LogP contribution < -0.4 is 0 Å². The molecule has 0 saturated carbocycles. The normalized spacial score (nSPS) is 23.9. The minimum Gasteiger partial charge on any atom is -0.508 e. The van der Waals surface area contributed by atoms with Gasteiger partial charge >= 0.3 is 0 Å². The molecule has 0 saturated heterocycles. The lowest BCUT2D eigenvalue weighted by molar-refractivity contribution is 0.0219. The van der Waals surface area contributed by atoms with Gasteiger partial charge in [0.15, 0.2) is 0 Å². The van der Waals surface area contributed by atoms with Crippen molar-refractivity contribution in [2.45, 2.75) is 31.3 Å². The van der Waals surface area contributed by atoms with Crippen molar-refractivity contribution in [2.75, 3.05) is 0 Å². The van der Waals surface area contributed by atoms with Gasteiger partial charge in [0.2, 0.25) is 0 Å². The average molecular weight is 230 g/mol. The van der Waals surface area contributed by atoms with Crippen LogP contribution in [0.2, 0.25) is 0 Å². The Kier molecular flexibility index (Phi) is 2.84. The maximum Gasteiger partial charge on any atom is 0.115 e. The zero-order valence-corrected chi connectivity index (χ0v) is 10.2. The first-order valence-corrected chi connectivity index (χ1v) is 5.82. The van der Waals surface area contributed by atoms with Crippen molar-refractivity contribution in [3.63, 3.8) is 0 Å². The topological polar surface area (TPSA) is 40.5 Å². The fourth-order valence-electron chi connectivity index (χ4n) is 2.20. The van der Waals surface area contributed by atoms with Gasteiger partial charge in [-0.3, -0.25) is 0 Å². The number of phenols is 1. The lowest BCUT2D eigenvalue weighted by Crippen LogP contribution is -2.46. The number of rotatable bonds is 2. The van der Waals surface area contributed by atoms with E-state index in [2.05, 4.69) is 0 Å². The van der Waals surface area contributed by atoms with E-state index in [4.69, 9.17) is 0 Å². The standard InChI is InChI=1S/C15H18O2/c1-14(2,12-6-8-13(16)9-7-12)15(17)10-4-3-5-11-15/h3-10,16-17H,11H2,1-2H3. The maximum atomic E-state index is 10.7. The third kappa shape index (κ3) is 2.01. The molecule has 90 valence electrons. The molecule has 1 aliphatic carbocycles. The minimum absolute atomic E-state index is 0.246. The highest BCUT2D eigenvalue weighted by atomic mass is 16.3. The molecule has 1 aromatic rings. The molecule has 0 fully saturated rings. The van der Waals surface area contributed by atoms with Crippen LogP contribution in [0.1, 0.15) is 25.8 Å². The number of aliphatic hydroxyl groups is 1. The molecule has 0 heterocycles. The second kappa shape index (κ2) is 4.04. The van der Waals surface area contributed by atoms with Gasteiger partial charge in [0, 0.05) is 5.41 Å². The van der Waals surface area contributed by atoms with Crippen molar-refractivity contribution in [3.05, 3.63) is 54.1 Å². The van der Waals surface area contributed by atoms with E-state index >= 15 is 0 Å². The highest BCUT2D eigenvalue weighted by molar-refractivity contribution is 5.37. The minimum atomic E-state index is -0.876. The summed E-state index contributed by atoms with van der Waals surface area (Å²) >= 11 is 0. The van der Waals surface area contributed by atoms with E-state index in [9.17, 15) is 10.2 Å². The fraction of sp³-hybridized carbons (Fsp3) is 0.333. The maximum absolute atomic E-state index is 10.7. The van der Waals surface area contributed by atoms with Crippen LogP contribution >= 0.6 is 0 Å². The van der Waals surface area contributed by atoms with E-state index in [1.54, 1.807) is 12.1 Å². The first kappa shape index (κ1) is 11.9. The van der Waals surface area contributed by atoms with Crippen molar-refractivity contribution in [1.29, 1.82) is 0 Å². The van der Waals surface area contributed by atoms with E-state index in [1.165, 1.54) is 0 Å². The van der Waals surface area contributed by atoms with Gasteiger partial charge in [-0.1, -0.05) is 50.3 Å². The van der Waals surface area contributed by atoms with Crippen LogP contribution in [0.5, 0.6) is 5.75 Å². The largest absolute Gasteiger partial charge is 0.508 e. The summed E-state index contributed by atoms with van der Waals surface area (Å²) in [7, 11) is 0. The number of phenolic OH excluding ortho intramolecular Hbond substituents is 1. The van der Waals surface area contributed by atoms with Crippen molar-refractivity contribution in [3.8, 4) is 5.75 Å². The van der Waals surface area contributed by atoms with Gasteiger partial charge in [-0.25, -0.2) is 0 Å². The molecule has 2 N–H and O–H groups in total. The number of benzene rings is 1. The number of hydrogen-bond donors (Lipinski definition) is 2.